The first-order valence-electron chi connectivity index (χ1n) is 3.76. The maximum Gasteiger partial charge on any atom is 0.268 e. The second kappa shape index (κ2) is 3.23. The second-order valence-corrected chi connectivity index (χ2v) is 3.25. The highest BCUT2D eigenvalue weighted by Gasteiger charge is 2.12. The SMILES string of the molecule is Cc1c(Cl)c(C)n(C)c(=O)c1C#N. The van der Waals surface area contributed by atoms with Crippen LogP contribution in [0.2, 0.25) is 5.02 Å². The predicted octanol–water partition coefficient (Wildman–Crippen LogP) is 1.53. The standard InChI is InChI=1S/C9H9ClN2O/c1-5-7(4-11)9(13)12(3)6(2)8(5)10/h1-3H3. The third kappa shape index (κ3) is 1.34. The minimum absolute atomic E-state index is 0.123. The van der Waals surface area contributed by atoms with Gasteiger partial charge in [-0.1, -0.05) is 11.6 Å². The lowest BCUT2D eigenvalue weighted by atomic mass is 10.1. The van der Waals surface area contributed by atoms with Gasteiger partial charge in [0.15, 0.2) is 0 Å². The zero-order chi connectivity index (χ0) is 10.2. The molecule has 0 bridgehead atoms. The molecule has 0 amide bonds. The van der Waals surface area contributed by atoms with Crippen LogP contribution in [0.5, 0.6) is 0 Å². The number of pyridine rings is 1. The Hall–Kier alpha value is -1.27. The molecule has 0 aliphatic rings. The van der Waals surface area contributed by atoms with Gasteiger partial charge in [0.25, 0.3) is 5.56 Å². The van der Waals surface area contributed by atoms with Gasteiger partial charge in [0, 0.05) is 12.7 Å². The van der Waals surface area contributed by atoms with Gasteiger partial charge in [0.05, 0.1) is 5.02 Å². The lowest BCUT2D eigenvalue weighted by molar-refractivity contribution is 0.810. The van der Waals surface area contributed by atoms with E-state index >= 15 is 0 Å². The molecule has 13 heavy (non-hydrogen) atoms. The fourth-order valence-corrected chi connectivity index (χ4v) is 1.36. The Bertz CT molecular complexity index is 454. The van der Waals surface area contributed by atoms with Crippen molar-refractivity contribution in [3.63, 3.8) is 0 Å². The predicted molar refractivity (Wildman–Crippen MR) is 50.9 cm³/mol. The van der Waals surface area contributed by atoms with Gasteiger partial charge in [-0.2, -0.15) is 5.26 Å². The summed E-state index contributed by atoms with van der Waals surface area (Å²) in [6.07, 6.45) is 0. The zero-order valence-electron chi connectivity index (χ0n) is 7.68. The van der Waals surface area contributed by atoms with Crippen molar-refractivity contribution in [2.75, 3.05) is 0 Å². The summed E-state index contributed by atoms with van der Waals surface area (Å²) in [4.78, 5) is 11.5. The van der Waals surface area contributed by atoms with Crippen molar-refractivity contribution in [1.29, 1.82) is 5.26 Å². The Morgan fingerprint density at radius 1 is 1.46 bits per heavy atom. The molecule has 0 aliphatic carbocycles. The van der Waals surface area contributed by atoms with Crippen LogP contribution in [0.1, 0.15) is 16.8 Å². The van der Waals surface area contributed by atoms with E-state index in [1.807, 2.05) is 6.07 Å². The van der Waals surface area contributed by atoms with Gasteiger partial charge in [-0.05, 0) is 19.4 Å². The zero-order valence-corrected chi connectivity index (χ0v) is 8.44. The van der Waals surface area contributed by atoms with Crippen LogP contribution in [0, 0.1) is 25.2 Å². The molecule has 0 unspecified atom stereocenters. The first-order chi connectivity index (χ1) is 6.00. The first-order valence-corrected chi connectivity index (χ1v) is 4.14. The molecular formula is C9H9ClN2O. The number of hydrogen-bond donors (Lipinski definition) is 0. The lowest BCUT2D eigenvalue weighted by Crippen LogP contribution is -2.23. The number of aromatic nitrogens is 1. The van der Waals surface area contributed by atoms with E-state index in [0.29, 0.717) is 16.3 Å². The van der Waals surface area contributed by atoms with Gasteiger partial charge in [0.1, 0.15) is 11.6 Å². The van der Waals surface area contributed by atoms with Crippen LogP contribution in [-0.4, -0.2) is 4.57 Å². The number of halogens is 1. The van der Waals surface area contributed by atoms with Crippen molar-refractivity contribution in [3.05, 3.63) is 32.2 Å². The van der Waals surface area contributed by atoms with Crippen LogP contribution in [0.3, 0.4) is 0 Å². The van der Waals surface area contributed by atoms with E-state index in [-0.39, 0.29) is 11.1 Å². The van der Waals surface area contributed by atoms with Gasteiger partial charge < -0.3 is 4.57 Å². The average Bonchev–Trinajstić information content (AvgIpc) is 2.13. The monoisotopic (exact) mass is 196 g/mol. The molecule has 1 aromatic heterocycles. The van der Waals surface area contributed by atoms with Gasteiger partial charge in [-0.15, -0.1) is 0 Å². The molecule has 0 spiro atoms. The molecule has 4 heteroatoms. The van der Waals surface area contributed by atoms with Crippen molar-refractivity contribution in [1.82, 2.24) is 4.57 Å². The van der Waals surface area contributed by atoms with Crippen LogP contribution < -0.4 is 5.56 Å². The Labute approximate surface area is 81.2 Å². The van der Waals surface area contributed by atoms with E-state index in [4.69, 9.17) is 16.9 Å². The highest BCUT2D eigenvalue weighted by Crippen LogP contribution is 2.19. The largest absolute Gasteiger partial charge is 0.313 e. The highest BCUT2D eigenvalue weighted by molar-refractivity contribution is 6.32. The maximum absolute atomic E-state index is 11.5. The van der Waals surface area contributed by atoms with Crippen molar-refractivity contribution in [2.24, 2.45) is 7.05 Å². The van der Waals surface area contributed by atoms with Crippen molar-refractivity contribution >= 4 is 11.6 Å². The minimum Gasteiger partial charge on any atom is -0.313 e. The van der Waals surface area contributed by atoms with E-state index in [0.717, 1.165) is 0 Å². The first kappa shape index (κ1) is 9.82. The number of hydrogen-bond acceptors (Lipinski definition) is 2. The highest BCUT2D eigenvalue weighted by atomic mass is 35.5. The summed E-state index contributed by atoms with van der Waals surface area (Å²) in [5.41, 5.74) is 1.08. The smallest absolute Gasteiger partial charge is 0.268 e. The summed E-state index contributed by atoms with van der Waals surface area (Å²) >= 11 is 5.93. The Balaban J connectivity index is 3.80. The molecule has 0 N–H and O–H groups in total. The maximum atomic E-state index is 11.5. The van der Waals surface area contributed by atoms with Gasteiger partial charge >= 0.3 is 0 Å². The van der Waals surface area contributed by atoms with Crippen molar-refractivity contribution in [2.45, 2.75) is 13.8 Å². The molecule has 0 saturated carbocycles. The van der Waals surface area contributed by atoms with Gasteiger partial charge in [0.2, 0.25) is 0 Å². The molecule has 0 aliphatic heterocycles. The molecule has 0 atom stereocenters. The fraction of sp³-hybridized carbons (Fsp3) is 0.333. The second-order valence-electron chi connectivity index (χ2n) is 2.88. The number of rotatable bonds is 0. The number of nitrogens with zero attached hydrogens (tertiary/aromatic N) is 2. The Morgan fingerprint density at radius 3 is 2.46 bits per heavy atom. The average molecular weight is 197 g/mol. The topological polar surface area (TPSA) is 45.8 Å². The van der Waals surface area contributed by atoms with Crippen LogP contribution in [0.25, 0.3) is 0 Å². The third-order valence-electron chi connectivity index (χ3n) is 2.16. The van der Waals surface area contributed by atoms with Crippen LogP contribution >= 0.6 is 11.6 Å². The molecule has 0 radical (unpaired) electrons. The molecule has 1 aromatic rings. The van der Waals surface area contributed by atoms with E-state index < -0.39 is 0 Å². The molecule has 1 heterocycles. The van der Waals surface area contributed by atoms with Gasteiger partial charge in [-0.3, -0.25) is 4.79 Å². The molecule has 0 aromatic carbocycles. The van der Waals surface area contributed by atoms with E-state index in [9.17, 15) is 4.79 Å². The summed E-state index contributed by atoms with van der Waals surface area (Å²) in [7, 11) is 1.60. The van der Waals surface area contributed by atoms with E-state index in [1.165, 1.54) is 4.57 Å². The van der Waals surface area contributed by atoms with Crippen molar-refractivity contribution < 1.29 is 0 Å². The summed E-state index contributed by atoms with van der Waals surface area (Å²) in [6, 6.07) is 1.85. The fourth-order valence-electron chi connectivity index (χ4n) is 1.14. The molecule has 1 rings (SSSR count). The summed E-state index contributed by atoms with van der Waals surface area (Å²) in [6.45, 7) is 3.42. The van der Waals surface area contributed by atoms with Crippen LogP contribution in [0.15, 0.2) is 4.79 Å². The van der Waals surface area contributed by atoms with Crippen LogP contribution in [0.4, 0.5) is 0 Å². The Morgan fingerprint density at radius 2 is 2.00 bits per heavy atom. The summed E-state index contributed by atoms with van der Waals surface area (Å²) in [5, 5.41) is 9.20. The molecule has 68 valence electrons. The number of nitriles is 1. The quantitative estimate of drug-likeness (QED) is 0.632. The van der Waals surface area contributed by atoms with E-state index in [1.54, 1.807) is 20.9 Å². The molecule has 0 saturated heterocycles. The van der Waals surface area contributed by atoms with Crippen LogP contribution in [-0.2, 0) is 7.05 Å². The normalized spacial score (nSPS) is 9.77. The lowest BCUT2D eigenvalue weighted by Gasteiger charge is -2.08. The third-order valence-corrected chi connectivity index (χ3v) is 2.71. The van der Waals surface area contributed by atoms with Gasteiger partial charge in [-0.25, -0.2) is 0 Å². The summed E-state index contributed by atoms with van der Waals surface area (Å²) in [5.74, 6) is 0. The van der Waals surface area contributed by atoms with Crippen molar-refractivity contribution in [3.8, 4) is 6.07 Å². The molecule has 3 nitrogen and oxygen atoms in total. The molecule has 0 fully saturated rings. The van der Waals surface area contributed by atoms with E-state index in [2.05, 4.69) is 0 Å². The minimum atomic E-state index is -0.290. The Kier molecular flexibility index (Phi) is 2.44. The summed E-state index contributed by atoms with van der Waals surface area (Å²) < 4.78 is 1.38. The molecular weight excluding hydrogens is 188 g/mol.